The zero-order valence-corrected chi connectivity index (χ0v) is 20.4. The smallest absolute Gasteiger partial charge is 0.273 e. The summed E-state index contributed by atoms with van der Waals surface area (Å²) in [6, 6.07) is 8.87. The third kappa shape index (κ3) is 4.14. The fraction of sp³-hybridized carbons (Fsp3) is 0.308. The molecule has 2 aromatic heterocycles. The van der Waals surface area contributed by atoms with Crippen LogP contribution in [0, 0.1) is 13.8 Å². The Morgan fingerprint density at radius 2 is 1.94 bits per heavy atom. The van der Waals surface area contributed by atoms with Crippen LogP contribution in [0.2, 0.25) is 0 Å². The van der Waals surface area contributed by atoms with E-state index in [0.29, 0.717) is 23.3 Å². The van der Waals surface area contributed by atoms with Gasteiger partial charge in [-0.1, -0.05) is 0 Å². The van der Waals surface area contributed by atoms with Crippen molar-refractivity contribution in [1.82, 2.24) is 24.6 Å². The molecule has 1 amide bonds. The van der Waals surface area contributed by atoms with Crippen molar-refractivity contribution in [3.63, 3.8) is 0 Å². The van der Waals surface area contributed by atoms with Crippen molar-refractivity contribution in [2.45, 2.75) is 33.9 Å². The lowest BCUT2D eigenvalue weighted by Gasteiger charge is -2.23. The van der Waals surface area contributed by atoms with Crippen LogP contribution in [-0.2, 0) is 13.1 Å². The van der Waals surface area contributed by atoms with E-state index in [-0.39, 0.29) is 17.4 Å². The van der Waals surface area contributed by atoms with Crippen molar-refractivity contribution in [3.05, 3.63) is 59.0 Å². The number of carbonyl (C=O) groups is 1. The van der Waals surface area contributed by atoms with Gasteiger partial charge in [0.05, 0.1) is 23.1 Å². The molecule has 0 unspecified atom stereocenters. The van der Waals surface area contributed by atoms with Crippen LogP contribution in [-0.4, -0.2) is 55.8 Å². The number of amides is 1. The number of anilines is 2. The molecule has 9 heteroatoms. The molecule has 1 aliphatic rings. The number of hydrogen-bond acceptors (Lipinski definition) is 7. The second-order valence-corrected chi connectivity index (χ2v) is 8.90. The van der Waals surface area contributed by atoms with Crippen LogP contribution in [0.1, 0.15) is 34.2 Å². The predicted molar refractivity (Wildman–Crippen MR) is 137 cm³/mol. The number of phenolic OH excluding ortho intramolecular Hbond substituents is 1. The summed E-state index contributed by atoms with van der Waals surface area (Å²) in [4.78, 5) is 24.7. The number of phenols is 1. The SMILES string of the molecule is CCn1ncc(CN(C)C(=O)c2nc(-c3cc(C)c4c(c3)NCCN4)nc3ccc(O)cc23)c1C. The fourth-order valence-electron chi connectivity index (χ4n) is 4.55. The van der Waals surface area contributed by atoms with Gasteiger partial charge < -0.3 is 20.6 Å². The maximum Gasteiger partial charge on any atom is 0.273 e. The molecule has 2 aromatic carbocycles. The lowest BCUT2D eigenvalue weighted by Crippen LogP contribution is -2.28. The molecule has 3 heterocycles. The highest BCUT2D eigenvalue weighted by molar-refractivity contribution is 6.05. The average molecular weight is 472 g/mol. The van der Waals surface area contributed by atoms with Gasteiger partial charge in [-0.3, -0.25) is 9.48 Å². The Balaban J connectivity index is 1.58. The van der Waals surface area contributed by atoms with E-state index in [1.165, 1.54) is 0 Å². The van der Waals surface area contributed by atoms with Gasteiger partial charge in [-0.05, 0) is 56.7 Å². The van der Waals surface area contributed by atoms with Gasteiger partial charge >= 0.3 is 0 Å². The molecule has 180 valence electrons. The Labute approximate surface area is 203 Å². The number of nitrogens with zero attached hydrogens (tertiary/aromatic N) is 5. The second kappa shape index (κ2) is 8.90. The number of fused-ring (bicyclic) bond motifs is 2. The summed E-state index contributed by atoms with van der Waals surface area (Å²) in [7, 11) is 1.75. The molecule has 0 bridgehead atoms. The first-order chi connectivity index (χ1) is 16.9. The summed E-state index contributed by atoms with van der Waals surface area (Å²) in [5, 5.41) is 21.9. The second-order valence-electron chi connectivity index (χ2n) is 8.90. The minimum Gasteiger partial charge on any atom is -0.508 e. The molecule has 0 spiro atoms. The summed E-state index contributed by atoms with van der Waals surface area (Å²) in [5.41, 5.74) is 6.83. The molecular weight excluding hydrogens is 442 g/mol. The minimum atomic E-state index is -0.248. The van der Waals surface area contributed by atoms with Crippen LogP contribution >= 0.6 is 0 Å². The molecule has 4 aromatic rings. The van der Waals surface area contributed by atoms with E-state index in [4.69, 9.17) is 9.97 Å². The molecule has 9 nitrogen and oxygen atoms in total. The topological polar surface area (TPSA) is 108 Å². The molecule has 1 aliphatic heterocycles. The van der Waals surface area contributed by atoms with Crippen LogP contribution in [0.3, 0.4) is 0 Å². The Bertz CT molecular complexity index is 1440. The van der Waals surface area contributed by atoms with Gasteiger partial charge in [0, 0.05) is 55.4 Å². The molecule has 0 saturated carbocycles. The fourth-order valence-corrected chi connectivity index (χ4v) is 4.55. The number of hydrogen-bond donors (Lipinski definition) is 3. The first-order valence-corrected chi connectivity index (χ1v) is 11.8. The van der Waals surface area contributed by atoms with E-state index >= 15 is 0 Å². The normalized spacial score (nSPS) is 12.7. The van der Waals surface area contributed by atoms with Gasteiger partial charge in [-0.15, -0.1) is 0 Å². The molecule has 3 N–H and O–H groups in total. The quantitative estimate of drug-likeness (QED) is 0.404. The van der Waals surface area contributed by atoms with Crippen molar-refractivity contribution in [2.75, 3.05) is 30.8 Å². The van der Waals surface area contributed by atoms with Gasteiger partial charge in [0.25, 0.3) is 5.91 Å². The number of benzene rings is 2. The van der Waals surface area contributed by atoms with E-state index in [2.05, 4.69) is 15.7 Å². The molecule has 0 fully saturated rings. The minimum absolute atomic E-state index is 0.0607. The lowest BCUT2D eigenvalue weighted by atomic mass is 10.0. The largest absolute Gasteiger partial charge is 0.508 e. The Morgan fingerprint density at radius 1 is 1.14 bits per heavy atom. The zero-order chi connectivity index (χ0) is 24.7. The Morgan fingerprint density at radius 3 is 2.71 bits per heavy atom. The van der Waals surface area contributed by atoms with Crippen molar-refractivity contribution >= 4 is 28.2 Å². The van der Waals surface area contributed by atoms with Crippen molar-refractivity contribution in [3.8, 4) is 17.1 Å². The van der Waals surface area contributed by atoms with Crippen LogP contribution in [0.4, 0.5) is 11.4 Å². The first kappa shape index (κ1) is 22.6. The standard InChI is InChI=1S/C26H29N7O2/c1-5-33-16(3)18(13-29-33)14-32(4)26(35)24-20-12-19(34)6-7-21(20)30-25(31-24)17-10-15(2)23-22(11-17)27-8-9-28-23/h6-7,10-13,27-28,34H,5,8-9,14H2,1-4H3. The van der Waals surface area contributed by atoms with Crippen LogP contribution in [0.5, 0.6) is 5.75 Å². The number of nitrogens with one attached hydrogen (secondary N) is 2. The average Bonchev–Trinajstić information content (AvgIpc) is 3.21. The highest BCUT2D eigenvalue weighted by Gasteiger charge is 2.22. The van der Waals surface area contributed by atoms with E-state index < -0.39 is 0 Å². The number of aryl methyl sites for hydroxylation is 2. The predicted octanol–water partition coefficient (Wildman–Crippen LogP) is 3.95. The molecule has 35 heavy (non-hydrogen) atoms. The maximum absolute atomic E-state index is 13.6. The molecule has 5 rings (SSSR count). The number of aromatic nitrogens is 4. The lowest BCUT2D eigenvalue weighted by molar-refractivity contribution is 0.0781. The Kier molecular flexibility index (Phi) is 5.76. The molecule has 0 radical (unpaired) electrons. The van der Waals surface area contributed by atoms with Gasteiger partial charge in [0.2, 0.25) is 0 Å². The van der Waals surface area contributed by atoms with Crippen LogP contribution < -0.4 is 10.6 Å². The van der Waals surface area contributed by atoms with Gasteiger partial charge in [-0.2, -0.15) is 5.10 Å². The molecule has 0 aliphatic carbocycles. The maximum atomic E-state index is 13.6. The van der Waals surface area contributed by atoms with Crippen LogP contribution in [0.15, 0.2) is 36.5 Å². The monoisotopic (exact) mass is 471 g/mol. The highest BCUT2D eigenvalue weighted by Crippen LogP contribution is 2.34. The third-order valence-corrected chi connectivity index (χ3v) is 6.48. The Hall–Kier alpha value is -4.14. The van der Waals surface area contributed by atoms with E-state index in [1.54, 1.807) is 36.3 Å². The van der Waals surface area contributed by atoms with Crippen LogP contribution in [0.25, 0.3) is 22.3 Å². The summed E-state index contributed by atoms with van der Waals surface area (Å²) >= 11 is 0. The van der Waals surface area contributed by atoms with Crippen molar-refractivity contribution < 1.29 is 9.90 Å². The van der Waals surface area contributed by atoms with Crippen molar-refractivity contribution in [1.29, 1.82) is 0 Å². The van der Waals surface area contributed by atoms with E-state index in [0.717, 1.165) is 53.4 Å². The van der Waals surface area contributed by atoms with E-state index in [9.17, 15) is 9.90 Å². The van der Waals surface area contributed by atoms with Gasteiger partial charge in [-0.25, -0.2) is 9.97 Å². The molecule has 0 saturated heterocycles. The highest BCUT2D eigenvalue weighted by atomic mass is 16.3. The summed E-state index contributed by atoms with van der Waals surface area (Å²) in [6.07, 6.45) is 1.80. The third-order valence-electron chi connectivity index (χ3n) is 6.48. The molecular formula is C26H29N7O2. The summed E-state index contributed by atoms with van der Waals surface area (Å²) < 4.78 is 1.91. The number of aromatic hydroxyl groups is 1. The number of rotatable bonds is 5. The van der Waals surface area contributed by atoms with Crippen molar-refractivity contribution in [2.24, 2.45) is 0 Å². The number of carbonyl (C=O) groups excluding carboxylic acids is 1. The first-order valence-electron chi connectivity index (χ1n) is 11.8. The summed E-state index contributed by atoms with van der Waals surface area (Å²) in [5.74, 6) is 0.279. The molecule has 0 atom stereocenters. The van der Waals surface area contributed by atoms with Gasteiger partial charge in [0.15, 0.2) is 5.82 Å². The van der Waals surface area contributed by atoms with E-state index in [1.807, 2.05) is 37.6 Å². The van der Waals surface area contributed by atoms with Gasteiger partial charge in [0.1, 0.15) is 11.4 Å². The zero-order valence-electron chi connectivity index (χ0n) is 20.4. The summed E-state index contributed by atoms with van der Waals surface area (Å²) in [6.45, 7) is 8.95.